The highest BCUT2D eigenvalue weighted by molar-refractivity contribution is 5.89. The molecule has 3 rings (SSSR count). The zero-order valence-electron chi connectivity index (χ0n) is 11.8. The van der Waals surface area contributed by atoms with Gasteiger partial charge in [0.25, 0.3) is 5.69 Å². The van der Waals surface area contributed by atoms with Crippen LogP contribution in [0.15, 0.2) is 48.7 Å². The van der Waals surface area contributed by atoms with Gasteiger partial charge in [0.15, 0.2) is 11.5 Å². The maximum atomic E-state index is 11.8. The first-order valence-corrected chi connectivity index (χ1v) is 6.71. The molecule has 2 aromatic heterocycles. The number of hydrogen-bond donors (Lipinski definition) is 2. The maximum absolute atomic E-state index is 11.8. The normalized spacial score (nSPS) is 10.4. The van der Waals surface area contributed by atoms with Crippen molar-refractivity contribution in [2.75, 3.05) is 5.32 Å². The fraction of sp³-hybridized carbons (Fsp3) is 0.0714. The third-order valence-corrected chi connectivity index (χ3v) is 3.13. The van der Waals surface area contributed by atoms with Gasteiger partial charge in [0.05, 0.1) is 11.5 Å². The fourth-order valence-corrected chi connectivity index (χ4v) is 2.01. The molecule has 0 fully saturated rings. The van der Waals surface area contributed by atoms with Crippen molar-refractivity contribution in [2.24, 2.45) is 0 Å². The minimum absolute atomic E-state index is 0.0362. The first-order valence-electron chi connectivity index (χ1n) is 6.71. The molecule has 2 N–H and O–H groups in total. The molecule has 2 amide bonds. The van der Waals surface area contributed by atoms with E-state index in [4.69, 9.17) is 0 Å². The highest BCUT2D eigenvalue weighted by atomic mass is 16.6. The molecule has 2 heterocycles. The number of non-ortho nitro benzene ring substituents is 1. The summed E-state index contributed by atoms with van der Waals surface area (Å²) in [6.45, 7) is 0.198. The van der Waals surface area contributed by atoms with E-state index in [0.717, 1.165) is 0 Å². The Hall–Kier alpha value is -3.49. The zero-order valence-corrected chi connectivity index (χ0v) is 11.8. The average molecular weight is 312 g/mol. The van der Waals surface area contributed by atoms with Crippen LogP contribution in [0.2, 0.25) is 0 Å². The summed E-state index contributed by atoms with van der Waals surface area (Å²) in [6.07, 6.45) is 1.81. The topological polar surface area (TPSA) is 114 Å². The molecular formula is C14H12N6O3. The molecule has 0 bridgehead atoms. The summed E-state index contributed by atoms with van der Waals surface area (Å²) in [6, 6.07) is 10.6. The van der Waals surface area contributed by atoms with Gasteiger partial charge >= 0.3 is 6.03 Å². The van der Waals surface area contributed by atoms with Crippen LogP contribution in [0.1, 0.15) is 5.82 Å². The lowest BCUT2D eigenvalue weighted by Gasteiger charge is -2.06. The molecule has 9 heteroatoms. The van der Waals surface area contributed by atoms with Crippen molar-refractivity contribution in [3.8, 4) is 0 Å². The van der Waals surface area contributed by atoms with Crippen LogP contribution in [0.4, 0.5) is 16.2 Å². The largest absolute Gasteiger partial charge is 0.331 e. The second-order valence-corrected chi connectivity index (χ2v) is 4.66. The molecule has 0 unspecified atom stereocenters. The summed E-state index contributed by atoms with van der Waals surface area (Å²) in [5.41, 5.74) is 1.12. The molecular weight excluding hydrogens is 300 g/mol. The number of nitrogens with one attached hydrogen (secondary N) is 2. The van der Waals surface area contributed by atoms with Crippen molar-refractivity contribution in [3.63, 3.8) is 0 Å². The van der Waals surface area contributed by atoms with Gasteiger partial charge in [0, 0.05) is 24.0 Å². The number of nitrogens with zero attached hydrogens (tertiary/aromatic N) is 4. The van der Waals surface area contributed by atoms with E-state index >= 15 is 0 Å². The van der Waals surface area contributed by atoms with Crippen LogP contribution in [-0.2, 0) is 6.54 Å². The number of nitro groups is 1. The maximum Gasteiger partial charge on any atom is 0.319 e. The highest BCUT2D eigenvalue weighted by Crippen LogP contribution is 2.15. The average Bonchev–Trinajstić information content (AvgIpc) is 2.97. The number of fused-ring (bicyclic) bond motifs is 1. The van der Waals surface area contributed by atoms with Crippen LogP contribution in [0.25, 0.3) is 5.65 Å². The summed E-state index contributed by atoms with van der Waals surface area (Å²) in [5.74, 6) is 0.597. The molecule has 3 aromatic rings. The quantitative estimate of drug-likeness (QED) is 0.564. The number of benzene rings is 1. The summed E-state index contributed by atoms with van der Waals surface area (Å²) >= 11 is 0. The molecule has 0 aliphatic heterocycles. The van der Waals surface area contributed by atoms with Crippen LogP contribution in [0.3, 0.4) is 0 Å². The predicted octanol–water partition coefficient (Wildman–Crippen LogP) is 1.96. The molecule has 0 spiro atoms. The smallest absolute Gasteiger partial charge is 0.319 e. The lowest BCUT2D eigenvalue weighted by atomic mass is 10.3. The van der Waals surface area contributed by atoms with E-state index in [-0.39, 0.29) is 12.2 Å². The minimum Gasteiger partial charge on any atom is -0.331 e. The van der Waals surface area contributed by atoms with E-state index < -0.39 is 11.0 Å². The molecule has 9 nitrogen and oxygen atoms in total. The number of anilines is 1. The van der Waals surface area contributed by atoms with E-state index in [0.29, 0.717) is 17.2 Å². The molecule has 23 heavy (non-hydrogen) atoms. The van der Waals surface area contributed by atoms with Crippen LogP contribution in [0, 0.1) is 10.1 Å². The van der Waals surface area contributed by atoms with Gasteiger partial charge in [-0.3, -0.25) is 14.5 Å². The van der Waals surface area contributed by atoms with Crippen molar-refractivity contribution < 1.29 is 9.72 Å². The molecule has 0 atom stereocenters. The van der Waals surface area contributed by atoms with Crippen LogP contribution in [-0.4, -0.2) is 25.6 Å². The molecule has 0 aliphatic carbocycles. The second kappa shape index (κ2) is 6.10. The Labute approximate surface area is 130 Å². The fourth-order valence-electron chi connectivity index (χ4n) is 2.01. The molecule has 1 aromatic carbocycles. The van der Waals surface area contributed by atoms with Gasteiger partial charge < -0.3 is 10.6 Å². The Bertz CT molecular complexity index is 858. The number of carbonyl (C=O) groups excluding carboxylic acids is 1. The molecule has 0 saturated heterocycles. The number of carbonyl (C=O) groups is 1. The number of hydrogen-bond acceptors (Lipinski definition) is 5. The van der Waals surface area contributed by atoms with Crippen molar-refractivity contribution in [3.05, 3.63) is 64.6 Å². The SMILES string of the molecule is O=C(NCc1nnc2ccccn12)Nc1ccc([N+](=O)[O-])cc1. The number of pyridine rings is 1. The van der Waals surface area contributed by atoms with E-state index in [1.54, 1.807) is 10.6 Å². The van der Waals surface area contributed by atoms with Crippen molar-refractivity contribution in [1.82, 2.24) is 19.9 Å². The lowest BCUT2D eigenvalue weighted by molar-refractivity contribution is -0.384. The summed E-state index contributed by atoms with van der Waals surface area (Å²) in [5, 5.41) is 23.8. The predicted molar refractivity (Wildman–Crippen MR) is 81.9 cm³/mol. The van der Waals surface area contributed by atoms with Gasteiger partial charge in [-0.2, -0.15) is 0 Å². The summed E-state index contributed by atoms with van der Waals surface area (Å²) < 4.78 is 1.77. The Balaban J connectivity index is 1.60. The van der Waals surface area contributed by atoms with Gasteiger partial charge in [-0.1, -0.05) is 6.07 Å². The minimum atomic E-state index is -0.500. The molecule has 0 aliphatic rings. The second-order valence-electron chi connectivity index (χ2n) is 4.66. The summed E-state index contributed by atoms with van der Waals surface area (Å²) in [7, 11) is 0. The van der Waals surface area contributed by atoms with E-state index in [2.05, 4.69) is 20.8 Å². The molecule has 0 saturated carbocycles. The Morgan fingerprint density at radius 1 is 1.17 bits per heavy atom. The first-order chi connectivity index (χ1) is 11.1. The van der Waals surface area contributed by atoms with Crippen LogP contribution in [0.5, 0.6) is 0 Å². The highest BCUT2D eigenvalue weighted by Gasteiger charge is 2.08. The van der Waals surface area contributed by atoms with Crippen molar-refractivity contribution in [2.45, 2.75) is 6.54 Å². The number of rotatable bonds is 4. The van der Waals surface area contributed by atoms with Crippen LogP contribution >= 0.6 is 0 Å². The van der Waals surface area contributed by atoms with E-state index in [1.165, 1.54) is 24.3 Å². The number of aromatic nitrogens is 3. The van der Waals surface area contributed by atoms with E-state index in [9.17, 15) is 14.9 Å². The molecule has 0 radical (unpaired) electrons. The van der Waals surface area contributed by atoms with Gasteiger partial charge in [-0.05, 0) is 24.3 Å². The Kier molecular flexibility index (Phi) is 3.83. The first kappa shape index (κ1) is 14.4. The Morgan fingerprint density at radius 2 is 1.96 bits per heavy atom. The Morgan fingerprint density at radius 3 is 2.70 bits per heavy atom. The number of amides is 2. The number of urea groups is 1. The van der Waals surface area contributed by atoms with Gasteiger partial charge in [0.2, 0.25) is 0 Å². The van der Waals surface area contributed by atoms with Gasteiger partial charge in [0.1, 0.15) is 0 Å². The lowest BCUT2D eigenvalue weighted by Crippen LogP contribution is -2.28. The number of nitro benzene ring substituents is 1. The van der Waals surface area contributed by atoms with Crippen molar-refractivity contribution in [1.29, 1.82) is 0 Å². The monoisotopic (exact) mass is 312 g/mol. The third-order valence-electron chi connectivity index (χ3n) is 3.13. The summed E-state index contributed by atoms with van der Waals surface area (Å²) in [4.78, 5) is 21.9. The standard InChI is InChI=1S/C14H12N6O3/c21-14(16-10-4-6-11(7-5-10)20(22)23)15-9-13-18-17-12-3-1-2-8-19(12)13/h1-8H,9H2,(H2,15,16,21). The van der Waals surface area contributed by atoms with Crippen LogP contribution < -0.4 is 10.6 Å². The third kappa shape index (κ3) is 3.23. The van der Waals surface area contributed by atoms with Gasteiger partial charge in [-0.25, -0.2) is 4.79 Å². The van der Waals surface area contributed by atoms with Gasteiger partial charge in [-0.15, -0.1) is 10.2 Å². The van der Waals surface area contributed by atoms with E-state index in [1.807, 2.05) is 18.2 Å². The zero-order chi connectivity index (χ0) is 16.2. The molecule has 116 valence electrons. The van der Waals surface area contributed by atoms with Crippen molar-refractivity contribution >= 4 is 23.1 Å².